The van der Waals surface area contributed by atoms with Crippen LogP contribution in [0, 0.1) is 0 Å². The second-order valence-electron chi connectivity index (χ2n) is 5.33. The summed E-state index contributed by atoms with van der Waals surface area (Å²) in [6.45, 7) is 6.81. The van der Waals surface area contributed by atoms with Crippen LogP contribution in [-0.4, -0.2) is 24.7 Å². The van der Waals surface area contributed by atoms with Gasteiger partial charge in [-0.1, -0.05) is 17.7 Å². The number of nitrogens with one attached hydrogen (secondary N) is 1. The van der Waals surface area contributed by atoms with E-state index in [4.69, 9.17) is 22.1 Å². The molecule has 114 valence electrons. The number of amides is 1. The Balaban J connectivity index is 2.21. The lowest BCUT2D eigenvalue weighted by Gasteiger charge is -2.24. The van der Waals surface area contributed by atoms with Crippen molar-refractivity contribution in [3.63, 3.8) is 0 Å². The van der Waals surface area contributed by atoms with Crippen LogP contribution in [-0.2, 0) is 4.74 Å². The Morgan fingerprint density at radius 2 is 2.19 bits per heavy atom. The number of rotatable bonds is 5. The first-order valence-electron chi connectivity index (χ1n) is 6.74. The molecule has 1 aromatic carbocycles. The van der Waals surface area contributed by atoms with Crippen molar-refractivity contribution in [3.8, 4) is 0 Å². The van der Waals surface area contributed by atoms with E-state index < -0.39 is 5.60 Å². The predicted octanol–water partition coefficient (Wildman–Crippen LogP) is 3.68. The lowest BCUT2D eigenvalue weighted by atomic mass is 10.1. The number of benzene rings is 1. The molecule has 21 heavy (non-hydrogen) atoms. The zero-order chi connectivity index (χ0) is 15.6. The first kappa shape index (κ1) is 16.1. The van der Waals surface area contributed by atoms with Gasteiger partial charge in [-0.25, -0.2) is 0 Å². The molecule has 0 aliphatic carbocycles. The lowest BCUT2D eigenvalue weighted by molar-refractivity contribution is -0.00812. The van der Waals surface area contributed by atoms with Crippen LogP contribution < -0.4 is 11.1 Å². The van der Waals surface area contributed by atoms with Gasteiger partial charge in [0.05, 0.1) is 16.3 Å². The standard InChI is InChI=1S/C15H19ClN2O2S/c1-4-20-15(2,3)8-18-14(19)13-12(17)11-9(16)6-5-7-10(11)21-13/h5-7H,4,8,17H2,1-3H3,(H,18,19). The molecule has 1 heterocycles. The van der Waals surface area contributed by atoms with Crippen LogP contribution >= 0.6 is 22.9 Å². The number of thiophene rings is 1. The highest BCUT2D eigenvalue weighted by Crippen LogP contribution is 2.37. The minimum Gasteiger partial charge on any atom is -0.397 e. The molecule has 2 aromatic rings. The third kappa shape index (κ3) is 3.48. The van der Waals surface area contributed by atoms with Gasteiger partial charge in [-0.2, -0.15) is 0 Å². The summed E-state index contributed by atoms with van der Waals surface area (Å²) in [7, 11) is 0. The number of hydrogen-bond acceptors (Lipinski definition) is 4. The van der Waals surface area contributed by atoms with Gasteiger partial charge < -0.3 is 15.8 Å². The van der Waals surface area contributed by atoms with Gasteiger partial charge >= 0.3 is 0 Å². The Kier molecular flexibility index (Phi) is 4.76. The summed E-state index contributed by atoms with van der Waals surface area (Å²) in [6, 6.07) is 5.52. The zero-order valence-corrected chi connectivity index (χ0v) is 13.9. The van der Waals surface area contributed by atoms with Crippen molar-refractivity contribution in [2.45, 2.75) is 26.4 Å². The fourth-order valence-corrected chi connectivity index (χ4v) is 3.51. The van der Waals surface area contributed by atoms with Gasteiger partial charge in [0.25, 0.3) is 5.91 Å². The quantitative estimate of drug-likeness (QED) is 0.880. The number of carbonyl (C=O) groups excluding carboxylic acids is 1. The molecule has 0 atom stereocenters. The molecule has 0 saturated carbocycles. The molecular weight excluding hydrogens is 308 g/mol. The van der Waals surface area contributed by atoms with E-state index in [-0.39, 0.29) is 5.91 Å². The van der Waals surface area contributed by atoms with E-state index in [2.05, 4.69) is 5.32 Å². The van der Waals surface area contributed by atoms with Crippen molar-refractivity contribution in [1.82, 2.24) is 5.32 Å². The average Bonchev–Trinajstić information content (AvgIpc) is 2.75. The van der Waals surface area contributed by atoms with Crippen LogP contribution in [0.1, 0.15) is 30.4 Å². The number of nitrogens with two attached hydrogens (primary N) is 1. The number of nitrogen functional groups attached to an aromatic ring is 1. The maximum absolute atomic E-state index is 12.3. The summed E-state index contributed by atoms with van der Waals surface area (Å²) in [4.78, 5) is 12.8. The largest absolute Gasteiger partial charge is 0.397 e. The molecule has 0 aliphatic rings. The maximum Gasteiger partial charge on any atom is 0.263 e. The van der Waals surface area contributed by atoms with Crippen molar-refractivity contribution < 1.29 is 9.53 Å². The van der Waals surface area contributed by atoms with Crippen LogP contribution in [0.25, 0.3) is 10.1 Å². The smallest absolute Gasteiger partial charge is 0.263 e. The summed E-state index contributed by atoms with van der Waals surface area (Å²) in [5.74, 6) is -0.197. The molecule has 1 amide bonds. The Morgan fingerprint density at radius 3 is 2.81 bits per heavy atom. The molecule has 0 radical (unpaired) electrons. The van der Waals surface area contributed by atoms with Crippen molar-refractivity contribution >= 4 is 44.6 Å². The molecular formula is C15H19ClN2O2S. The Labute approximate surface area is 133 Å². The summed E-state index contributed by atoms with van der Waals surface area (Å²) < 4.78 is 6.47. The highest BCUT2D eigenvalue weighted by molar-refractivity contribution is 7.21. The van der Waals surface area contributed by atoms with Crippen molar-refractivity contribution in [2.75, 3.05) is 18.9 Å². The molecule has 0 unspecified atom stereocenters. The number of halogens is 1. The van der Waals surface area contributed by atoms with Crippen LogP contribution in [0.15, 0.2) is 18.2 Å². The summed E-state index contributed by atoms with van der Waals surface area (Å²) in [5.41, 5.74) is 6.10. The minimum absolute atomic E-state index is 0.197. The minimum atomic E-state index is -0.409. The van der Waals surface area contributed by atoms with E-state index in [1.807, 2.05) is 32.9 Å². The first-order chi connectivity index (χ1) is 9.85. The van der Waals surface area contributed by atoms with E-state index in [1.165, 1.54) is 11.3 Å². The number of carbonyl (C=O) groups is 1. The van der Waals surface area contributed by atoms with Gasteiger partial charge in [0.1, 0.15) is 4.88 Å². The zero-order valence-electron chi connectivity index (χ0n) is 12.3. The Morgan fingerprint density at radius 1 is 1.48 bits per heavy atom. The van der Waals surface area contributed by atoms with Crippen LogP contribution in [0.3, 0.4) is 0 Å². The molecule has 4 nitrogen and oxygen atoms in total. The maximum atomic E-state index is 12.3. The second kappa shape index (κ2) is 6.22. The van der Waals surface area contributed by atoms with E-state index in [1.54, 1.807) is 6.07 Å². The molecule has 1 aromatic heterocycles. The summed E-state index contributed by atoms with van der Waals surface area (Å²) in [5, 5.41) is 4.18. The molecule has 0 fully saturated rings. The van der Waals surface area contributed by atoms with Crippen LogP contribution in [0.5, 0.6) is 0 Å². The van der Waals surface area contributed by atoms with Gasteiger partial charge in [-0.3, -0.25) is 4.79 Å². The van der Waals surface area contributed by atoms with Gasteiger partial charge in [0.15, 0.2) is 0 Å². The van der Waals surface area contributed by atoms with E-state index in [0.29, 0.717) is 28.7 Å². The highest BCUT2D eigenvalue weighted by Gasteiger charge is 2.22. The fourth-order valence-electron chi connectivity index (χ4n) is 2.11. The highest BCUT2D eigenvalue weighted by atomic mass is 35.5. The predicted molar refractivity (Wildman–Crippen MR) is 89.3 cm³/mol. The molecule has 2 rings (SSSR count). The average molecular weight is 327 g/mol. The van der Waals surface area contributed by atoms with E-state index in [0.717, 1.165) is 10.1 Å². The van der Waals surface area contributed by atoms with Gasteiger partial charge in [0.2, 0.25) is 0 Å². The third-order valence-electron chi connectivity index (χ3n) is 3.12. The Bertz CT molecular complexity index is 667. The second-order valence-corrected chi connectivity index (χ2v) is 6.79. The number of hydrogen-bond donors (Lipinski definition) is 2. The van der Waals surface area contributed by atoms with Crippen LogP contribution in [0.2, 0.25) is 5.02 Å². The van der Waals surface area contributed by atoms with Crippen molar-refractivity contribution in [3.05, 3.63) is 28.1 Å². The van der Waals surface area contributed by atoms with Gasteiger partial charge in [-0.15, -0.1) is 11.3 Å². The third-order valence-corrected chi connectivity index (χ3v) is 4.60. The lowest BCUT2D eigenvalue weighted by Crippen LogP contribution is -2.40. The summed E-state index contributed by atoms with van der Waals surface area (Å²) >= 11 is 7.49. The molecule has 0 spiro atoms. The van der Waals surface area contributed by atoms with Gasteiger partial charge in [0, 0.05) is 23.2 Å². The van der Waals surface area contributed by atoms with Gasteiger partial charge in [-0.05, 0) is 32.9 Å². The normalized spacial score (nSPS) is 11.8. The molecule has 0 bridgehead atoms. The summed E-state index contributed by atoms with van der Waals surface area (Å²) in [6.07, 6.45) is 0. The molecule has 0 saturated heterocycles. The number of anilines is 1. The molecule has 0 aliphatic heterocycles. The van der Waals surface area contributed by atoms with Crippen molar-refractivity contribution in [2.24, 2.45) is 0 Å². The Hall–Kier alpha value is -1.30. The topological polar surface area (TPSA) is 64.3 Å². The van der Waals surface area contributed by atoms with E-state index in [9.17, 15) is 4.79 Å². The fraction of sp³-hybridized carbons (Fsp3) is 0.400. The number of ether oxygens (including phenoxy) is 1. The number of fused-ring (bicyclic) bond motifs is 1. The first-order valence-corrected chi connectivity index (χ1v) is 7.94. The monoisotopic (exact) mass is 326 g/mol. The molecule has 3 N–H and O–H groups in total. The van der Waals surface area contributed by atoms with Crippen LogP contribution in [0.4, 0.5) is 5.69 Å². The van der Waals surface area contributed by atoms with Crippen molar-refractivity contribution in [1.29, 1.82) is 0 Å². The SMILES string of the molecule is CCOC(C)(C)CNC(=O)c1sc2cccc(Cl)c2c1N. The van der Waals surface area contributed by atoms with E-state index >= 15 is 0 Å². The molecule has 6 heteroatoms.